The lowest BCUT2D eigenvalue weighted by Gasteiger charge is -1.99. The van der Waals surface area contributed by atoms with E-state index in [1.54, 1.807) is 0 Å². The fourth-order valence-electron chi connectivity index (χ4n) is 0.738. The summed E-state index contributed by atoms with van der Waals surface area (Å²) in [5.74, 6) is -0.697. The van der Waals surface area contributed by atoms with Gasteiger partial charge in [-0.15, -0.1) is 0 Å². The molecule has 0 aliphatic heterocycles. The second-order valence-corrected chi connectivity index (χ2v) is 4.40. The van der Waals surface area contributed by atoms with Gasteiger partial charge < -0.3 is 4.74 Å². The first-order valence-electron chi connectivity index (χ1n) is 3.56. The molecular weight excluding hydrogens is 208 g/mol. The van der Waals surface area contributed by atoms with Crippen LogP contribution in [0.25, 0.3) is 0 Å². The van der Waals surface area contributed by atoms with Gasteiger partial charge in [0.2, 0.25) is 15.0 Å². The summed E-state index contributed by atoms with van der Waals surface area (Å²) in [4.78, 5) is 18.0. The topological polar surface area (TPSA) is 86.2 Å². The normalized spacial score (nSPS) is 11.0. The van der Waals surface area contributed by atoms with Crippen molar-refractivity contribution in [2.45, 2.75) is 5.16 Å². The fourth-order valence-corrected chi connectivity index (χ4v) is 1.25. The van der Waals surface area contributed by atoms with Crippen LogP contribution in [-0.4, -0.2) is 37.7 Å². The fraction of sp³-hybridized carbons (Fsp3) is 0.286. The molecule has 0 saturated heterocycles. The number of hydrogen-bond acceptors (Lipinski definition) is 6. The van der Waals surface area contributed by atoms with Gasteiger partial charge in [-0.05, 0) is 6.07 Å². The number of aromatic nitrogens is 2. The molecule has 0 saturated carbocycles. The number of sulfone groups is 1. The number of carbonyl (C=O) groups excluding carboxylic acids is 1. The second-order valence-electron chi connectivity index (χ2n) is 2.49. The molecule has 0 aliphatic carbocycles. The summed E-state index contributed by atoms with van der Waals surface area (Å²) >= 11 is 0. The van der Waals surface area contributed by atoms with E-state index in [0.717, 1.165) is 6.26 Å². The predicted molar refractivity (Wildman–Crippen MR) is 46.5 cm³/mol. The van der Waals surface area contributed by atoms with Crippen LogP contribution in [0.1, 0.15) is 10.5 Å². The van der Waals surface area contributed by atoms with Crippen LogP contribution in [0.4, 0.5) is 0 Å². The number of carbonyl (C=O) groups is 1. The molecular formula is C7H8N2O4S. The lowest BCUT2D eigenvalue weighted by atomic mass is 10.4. The molecule has 0 atom stereocenters. The minimum Gasteiger partial charge on any atom is -0.464 e. The van der Waals surface area contributed by atoms with Gasteiger partial charge in [0.15, 0.2) is 5.69 Å². The number of esters is 1. The first kappa shape index (κ1) is 10.6. The van der Waals surface area contributed by atoms with Crippen LogP contribution in [0.3, 0.4) is 0 Å². The summed E-state index contributed by atoms with van der Waals surface area (Å²) in [5, 5.41) is -0.389. The van der Waals surface area contributed by atoms with E-state index in [1.807, 2.05) is 0 Å². The summed E-state index contributed by atoms with van der Waals surface area (Å²) in [7, 11) is -2.31. The number of methoxy groups -OCH3 is 1. The molecule has 0 radical (unpaired) electrons. The lowest BCUT2D eigenvalue weighted by Crippen LogP contribution is -2.10. The first-order valence-corrected chi connectivity index (χ1v) is 5.45. The molecule has 1 aromatic rings. The van der Waals surface area contributed by atoms with E-state index < -0.39 is 15.8 Å². The van der Waals surface area contributed by atoms with Gasteiger partial charge in [0.05, 0.1) is 7.11 Å². The Morgan fingerprint density at radius 1 is 1.50 bits per heavy atom. The van der Waals surface area contributed by atoms with Crippen LogP contribution in [-0.2, 0) is 14.6 Å². The largest absolute Gasteiger partial charge is 0.464 e. The average Bonchev–Trinajstić information content (AvgIpc) is 2.15. The highest BCUT2D eigenvalue weighted by Crippen LogP contribution is 2.03. The maximum absolute atomic E-state index is 11.0. The standard InChI is InChI=1S/C7H8N2O4S/c1-13-6(10)5-3-4-8-7(9-5)14(2,11)12/h3-4H,1-2H3. The zero-order valence-corrected chi connectivity index (χ0v) is 8.41. The van der Waals surface area contributed by atoms with Crippen molar-refractivity contribution in [3.05, 3.63) is 18.0 Å². The second kappa shape index (κ2) is 3.70. The highest BCUT2D eigenvalue weighted by molar-refractivity contribution is 7.90. The molecule has 1 aromatic heterocycles. The third-order valence-corrected chi connectivity index (χ3v) is 2.22. The van der Waals surface area contributed by atoms with Crippen molar-refractivity contribution >= 4 is 15.8 Å². The van der Waals surface area contributed by atoms with Gasteiger partial charge in [0, 0.05) is 12.5 Å². The first-order chi connectivity index (χ1) is 6.45. The zero-order chi connectivity index (χ0) is 10.8. The SMILES string of the molecule is COC(=O)c1ccnc(S(C)(=O)=O)n1. The van der Waals surface area contributed by atoms with Gasteiger partial charge in [-0.1, -0.05) is 0 Å². The van der Waals surface area contributed by atoms with Crippen LogP contribution in [0, 0.1) is 0 Å². The lowest BCUT2D eigenvalue weighted by molar-refractivity contribution is 0.0593. The van der Waals surface area contributed by atoms with E-state index in [1.165, 1.54) is 19.4 Å². The van der Waals surface area contributed by atoms with Gasteiger partial charge in [-0.2, -0.15) is 0 Å². The van der Waals surface area contributed by atoms with E-state index in [-0.39, 0.29) is 10.9 Å². The molecule has 14 heavy (non-hydrogen) atoms. The van der Waals surface area contributed by atoms with Crippen LogP contribution >= 0.6 is 0 Å². The Morgan fingerprint density at radius 3 is 2.64 bits per heavy atom. The van der Waals surface area contributed by atoms with Crippen LogP contribution in [0.2, 0.25) is 0 Å². The van der Waals surface area contributed by atoms with Crippen molar-refractivity contribution in [1.82, 2.24) is 9.97 Å². The van der Waals surface area contributed by atoms with Crippen molar-refractivity contribution in [2.24, 2.45) is 0 Å². The number of rotatable bonds is 2. The summed E-state index contributed by atoms with van der Waals surface area (Å²) in [6.07, 6.45) is 2.15. The predicted octanol–water partition coefficient (Wildman–Crippen LogP) is -0.333. The maximum atomic E-state index is 11.0. The van der Waals surface area contributed by atoms with Crippen LogP contribution in [0.5, 0.6) is 0 Å². The van der Waals surface area contributed by atoms with Gasteiger partial charge >= 0.3 is 5.97 Å². The molecule has 7 heteroatoms. The van der Waals surface area contributed by atoms with Gasteiger partial charge in [-0.3, -0.25) is 0 Å². The average molecular weight is 216 g/mol. The molecule has 76 valence electrons. The highest BCUT2D eigenvalue weighted by atomic mass is 32.2. The summed E-state index contributed by atoms with van der Waals surface area (Å²) < 4.78 is 26.4. The summed E-state index contributed by atoms with van der Waals surface area (Å²) in [6, 6.07) is 1.28. The Labute approximate surface area is 80.9 Å². The third-order valence-electron chi connectivity index (χ3n) is 1.36. The maximum Gasteiger partial charge on any atom is 0.356 e. The Kier molecular flexibility index (Phi) is 2.80. The van der Waals surface area contributed by atoms with Crippen molar-refractivity contribution in [3.8, 4) is 0 Å². The molecule has 0 fully saturated rings. The van der Waals surface area contributed by atoms with E-state index in [4.69, 9.17) is 0 Å². The Hall–Kier alpha value is -1.50. The van der Waals surface area contributed by atoms with Crippen LogP contribution < -0.4 is 0 Å². The monoisotopic (exact) mass is 216 g/mol. The molecule has 0 unspecified atom stereocenters. The van der Waals surface area contributed by atoms with E-state index in [9.17, 15) is 13.2 Å². The molecule has 0 spiro atoms. The Bertz CT molecular complexity index is 455. The Morgan fingerprint density at radius 2 is 2.14 bits per heavy atom. The molecule has 6 nitrogen and oxygen atoms in total. The minimum absolute atomic E-state index is 0.0806. The summed E-state index contributed by atoms with van der Waals surface area (Å²) in [5.41, 5.74) is -0.0806. The van der Waals surface area contributed by atoms with Crippen molar-refractivity contribution in [2.75, 3.05) is 13.4 Å². The number of nitrogens with zero attached hydrogens (tertiary/aromatic N) is 2. The van der Waals surface area contributed by atoms with Crippen molar-refractivity contribution < 1.29 is 17.9 Å². The third kappa shape index (κ3) is 2.25. The zero-order valence-electron chi connectivity index (χ0n) is 7.59. The quantitative estimate of drug-likeness (QED) is 0.497. The smallest absolute Gasteiger partial charge is 0.356 e. The molecule has 0 N–H and O–H groups in total. The van der Waals surface area contributed by atoms with Crippen LogP contribution in [0.15, 0.2) is 17.4 Å². The van der Waals surface area contributed by atoms with Crippen molar-refractivity contribution in [3.63, 3.8) is 0 Å². The van der Waals surface area contributed by atoms with Gasteiger partial charge in [0.25, 0.3) is 0 Å². The molecule has 0 aliphatic rings. The molecule has 0 bridgehead atoms. The van der Waals surface area contributed by atoms with Gasteiger partial charge in [0.1, 0.15) is 0 Å². The van der Waals surface area contributed by atoms with E-state index in [0.29, 0.717) is 0 Å². The molecule has 1 heterocycles. The Balaban J connectivity index is 3.21. The summed E-state index contributed by atoms with van der Waals surface area (Å²) in [6.45, 7) is 0. The highest BCUT2D eigenvalue weighted by Gasteiger charge is 2.14. The molecule has 0 aromatic carbocycles. The van der Waals surface area contributed by atoms with Gasteiger partial charge in [-0.25, -0.2) is 23.2 Å². The van der Waals surface area contributed by atoms with E-state index >= 15 is 0 Å². The number of ether oxygens (including phenoxy) is 1. The van der Waals surface area contributed by atoms with Crippen molar-refractivity contribution in [1.29, 1.82) is 0 Å². The molecule has 0 amide bonds. The minimum atomic E-state index is -3.50. The number of hydrogen-bond donors (Lipinski definition) is 0. The molecule has 1 rings (SSSR count). The van der Waals surface area contributed by atoms with E-state index in [2.05, 4.69) is 14.7 Å².